The van der Waals surface area contributed by atoms with Gasteiger partial charge in [-0.25, -0.2) is 0 Å². The number of aromatic nitrogens is 1. The van der Waals surface area contributed by atoms with Gasteiger partial charge in [0.15, 0.2) is 11.5 Å². The number of phenolic OH excluding ortho intramolecular Hbond substituents is 1. The first-order valence-electron chi connectivity index (χ1n) is 8.67. The predicted molar refractivity (Wildman–Crippen MR) is 98.4 cm³/mol. The Morgan fingerprint density at radius 2 is 2.22 bits per heavy atom. The Bertz CT molecular complexity index is 901. The van der Waals surface area contributed by atoms with Gasteiger partial charge in [-0.3, -0.25) is 14.6 Å². The average Bonchev–Trinajstić information content (AvgIpc) is 2.96. The molecular formula is C19H18ClN3O4. The molecule has 2 aromatic rings. The van der Waals surface area contributed by atoms with Gasteiger partial charge in [-0.15, -0.1) is 0 Å². The zero-order valence-corrected chi connectivity index (χ0v) is 15.2. The van der Waals surface area contributed by atoms with E-state index in [4.69, 9.17) is 16.3 Å². The Morgan fingerprint density at radius 1 is 1.37 bits per heavy atom. The van der Waals surface area contributed by atoms with E-state index >= 15 is 0 Å². The van der Waals surface area contributed by atoms with E-state index in [0.717, 1.165) is 0 Å². The van der Waals surface area contributed by atoms with Crippen LogP contribution in [0, 0.1) is 5.92 Å². The van der Waals surface area contributed by atoms with Gasteiger partial charge in [0.2, 0.25) is 11.8 Å². The van der Waals surface area contributed by atoms with Crippen LogP contribution in [0.25, 0.3) is 11.3 Å². The number of nitrogens with one attached hydrogen (secondary N) is 1. The highest BCUT2D eigenvalue weighted by Gasteiger charge is 2.33. The Kier molecular flexibility index (Phi) is 4.61. The maximum Gasteiger partial charge on any atom is 0.228 e. The maximum absolute atomic E-state index is 12.8. The monoisotopic (exact) mass is 387 g/mol. The predicted octanol–water partition coefficient (Wildman–Crippen LogP) is 1.96. The summed E-state index contributed by atoms with van der Waals surface area (Å²) in [6.45, 7) is 1.33. The smallest absolute Gasteiger partial charge is 0.228 e. The van der Waals surface area contributed by atoms with Crippen molar-refractivity contribution >= 4 is 23.4 Å². The standard InChI is InChI=1S/C19H18ClN3O4/c20-14-1-2-15(21-9-14)11-5-13-10-23(3-4-27-18(13)16(24)6-11)19(26)12-7-17(25)22-8-12/h1-2,5-6,9,12,24H,3-4,7-8,10H2,(H,22,25)/t12-/m1/s1. The van der Waals surface area contributed by atoms with E-state index in [0.29, 0.717) is 47.2 Å². The van der Waals surface area contributed by atoms with Crippen molar-refractivity contribution < 1.29 is 19.4 Å². The van der Waals surface area contributed by atoms with E-state index < -0.39 is 0 Å². The molecule has 1 fully saturated rings. The summed E-state index contributed by atoms with van der Waals surface area (Å²) in [6.07, 6.45) is 1.75. The lowest BCUT2D eigenvalue weighted by molar-refractivity contribution is -0.136. The first kappa shape index (κ1) is 17.6. The van der Waals surface area contributed by atoms with Crippen LogP contribution in [0.1, 0.15) is 12.0 Å². The average molecular weight is 388 g/mol. The van der Waals surface area contributed by atoms with E-state index in [1.54, 1.807) is 23.1 Å². The summed E-state index contributed by atoms with van der Waals surface area (Å²) in [7, 11) is 0. The molecule has 0 spiro atoms. The second kappa shape index (κ2) is 7.08. The normalized spacial score (nSPS) is 19.1. The van der Waals surface area contributed by atoms with Gasteiger partial charge in [0.05, 0.1) is 23.2 Å². The van der Waals surface area contributed by atoms with Gasteiger partial charge in [0.1, 0.15) is 6.61 Å². The number of carbonyl (C=O) groups is 2. The van der Waals surface area contributed by atoms with Gasteiger partial charge in [0, 0.05) is 36.8 Å². The third kappa shape index (κ3) is 3.55. The quantitative estimate of drug-likeness (QED) is 0.822. The first-order valence-corrected chi connectivity index (χ1v) is 9.05. The number of nitrogens with zero attached hydrogens (tertiary/aromatic N) is 2. The molecule has 0 aliphatic carbocycles. The van der Waals surface area contributed by atoms with Gasteiger partial charge in [-0.05, 0) is 24.3 Å². The third-order valence-electron chi connectivity index (χ3n) is 4.78. The third-order valence-corrected chi connectivity index (χ3v) is 5.00. The van der Waals surface area contributed by atoms with Gasteiger partial charge >= 0.3 is 0 Å². The number of phenols is 1. The zero-order valence-electron chi connectivity index (χ0n) is 14.4. The highest BCUT2D eigenvalue weighted by Crippen LogP contribution is 2.37. The van der Waals surface area contributed by atoms with Crippen LogP contribution in [0.2, 0.25) is 5.02 Å². The molecule has 0 unspecified atom stereocenters. The van der Waals surface area contributed by atoms with Crippen LogP contribution in [0.4, 0.5) is 0 Å². The van der Waals surface area contributed by atoms with Crippen LogP contribution >= 0.6 is 11.6 Å². The number of benzene rings is 1. The fourth-order valence-electron chi connectivity index (χ4n) is 3.42. The van der Waals surface area contributed by atoms with Crippen LogP contribution < -0.4 is 10.1 Å². The Hall–Kier alpha value is -2.80. The summed E-state index contributed by atoms with van der Waals surface area (Å²) in [4.78, 5) is 30.1. The van der Waals surface area contributed by atoms with E-state index in [1.807, 2.05) is 6.07 Å². The van der Waals surface area contributed by atoms with Crippen molar-refractivity contribution in [3.8, 4) is 22.8 Å². The number of halogens is 1. The van der Waals surface area contributed by atoms with E-state index in [2.05, 4.69) is 10.3 Å². The van der Waals surface area contributed by atoms with Gasteiger partial charge < -0.3 is 20.1 Å². The van der Waals surface area contributed by atoms with E-state index in [-0.39, 0.29) is 36.5 Å². The summed E-state index contributed by atoms with van der Waals surface area (Å²) >= 11 is 5.89. The molecular weight excluding hydrogens is 370 g/mol. The number of aromatic hydroxyl groups is 1. The Morgan fingerprint density at radius 3 is 2.93 bits per heavy atom. The SMILES string of the molecule is O=C1C[C@@H](C(=O)N2CCOc3c(O)cc(-c4ccc(Cl)cn4)cc3C2)CN1. The minimum absolute atomic E-state index is 0.00580. The molecule has 0 saturated carbocycles. The molecule has 27 heavy (non-hydrogen) atoms. The number of fused-ring (bicyclic) bond motifs is 1. The number of rotatable bonds is 2. The minimum Gasteiger partial charge on any atom is -0.504 e. The molecule has 0 radical (unpaired) electrons. The van der Waals surface area contributed by atoms with Gasteiger partial charge in [-0.1, -0.05) is 11.6 Å². The van der Waals surface area contributed by atoms with Crippen molar-refractivity contribution in [3.05, 3.63) is 41.0 Å². The summed E-state index contributed by atoms with van der Waals surface area (Å²) in [5.41, 5.74) is 2.06. The maximum atomic E-state index is 12.8. The number of hydrogen-bond acceptors (Lipinski definition) is 5. The Balaban J connectivity index is 1.63. The molecule has 2 aliphatic heterocycles. The van der Waals surface area contributed by atoms with Crippen LogP contribution in [0.3, 0.4) is 0 Å². The molecule has 1 atom stereocenters. The number of hydrogen-bond donors (Lipinski definition) is 2. The molecule has 140 valence electrons. The van der Waals surface area contributed by atoms with Crippen molar-refractivity contribution in [3.63, 3.8) is 0 Å². The minimum atomic E-state index is -0.353. The molecule has 3 heterocycles. The lowest BCUT2D eigenvalue weighted by Crippen LogP contribution is -2.37. The summed E-state index contributed by atoms with van der Waals surface area (Å²) < 4.78 is 5.69. The van der Waals surface area contributed by atoms with Gasteiger partial charge in [-0.2, -0.15) is 0 Å². The van der Waals surface area contributed by atoms with Crippen molar-refractivity contribution in [2.24, 2.45) is 5.92 Å². The zero-order chi connectivity index (χ0) is 19.0. The summed E-state index contributed by atoms with van der Waals surface area (Å²) in [5, 5.41) is 13.6. The highest BCUT2D eigenvalue weighted by atomic mass is 35.5. The topological polar surface area (TPSA) is 91.8 Å². The fourth-order valence-corrected chi connectivity index (χ4v) is 3.53. The molecule has 0 bridgehead atoms. The first-order chi connectivity index (χ1) is 13.0. The number of carbonyl (C=O) groups excluding carboxylic acids is 2. The number of amides is 2. The molecule has 2 aliphatic rings. The second-order valence-corrected chi connectivity index (χ2v) is 7.10. The molecule has 1 saturated heterocycles. The van der Waals surface area contributed by atoms with Crippen LogP contribution in [-0.2, 0) is 16.1 Å². The molecule has 1 aromatic carbocycles. The number of pyridine rings is 1. The Labute approximate surface area is 160 Å². The lowest BCUT2D eigenvalue weighted by Gasteiger charge is -2.22. The molecule has 1 aromatic heterocycles. The van der Waals surface area contributed by atoms with Crippen molar-refractivity contribution in [1.29, 1.82) is 0 Å². The summed E-state index contributed by atoms with van der Waals surface area (Å²) in [5.74, 6) is -0.156. The van der Waals surface area contributed by atoms with Crippen LogP contribution in [0.15, 0.2) is 30.5 Å². The van der Waals surface area contributed by atoms with E-state index in [1.165, 1.54) is 6.20 Å². The largest absolute Gasteiger partial charge is 0.504 e. The second-order valence-electron chi connectivity index (χ2n) is 6.66. The van der Waals surface area contributed by atoms with Crippen molar-refractivity contribution in [2.45, 2.75) is 13.0 Å². The lowest BCUT2D eigenvalue weighted by atomic mass is 10.0. The molecule has 2 amide bonds. The molecule has 8 heteroatoms. The molecule has 2 N–H and O–H groups in total. The summed E-state index contributed by atoms with van der Waals surface area (Å²) in [6, 6.07) is 6.93. The highest BCUT2D eigenvalue weighted by molar-refractivity contribution is 6.30. The molecule has 7 nitrogen and oxygen atoms in total. The van der Waals surface area contributed by atoms with Crippen molar-refractivity contribution in [1.82, 2.24) is 15.2 Å². The molecule has 4 rings (SSSR count). The number of ether oxygens (including phenoxy) is 1. The van der Waals surface area contributed by atoms with Crippen LogP contribution in [0.5, 0.6) is 11.5 Å². The van der Waals surface area contributed by atoms with Gasteiger partial charge in [0.25, 0.3) is 0 Å². The van der Waals surface area contributed by atoms with Crippen LogP contribution in [-0.4, -0.2) is 46.5 Å². The van der Waals surface area contributed by atoms with E-state index in [9.17, 15) is 14.7 Å². The fraction of sp³-hybridized carbons (Fsp3) is 0.316. The van der Waals surface area contributed by atoms with Crippen molar-refractivity contribution in [2.75, 3.05) is 19.7 Å².